The van der Waals surface area contributed by atoms with E-state index in [4.69, 9.17) is 0 Å². The van der Waals surface area contributed by atoms with Gasteiger partial charge in [0.2, 0.25) is 5.91 Å². The number of anilines is 1. The van der Waals surface area contributed by atoms with Crippen LogP contribution in [0.5, 0.6) is 0 Å². The number of amides is 1. The van der Waals surface area contributed by atoms with Gasteiger partial charge in [-0.25, -0.2) is 4.98 Å². The summed E-state index contributed by atoms with van der Waals surface area (Å²) in [7, 11) is 1.90. The number of nitrogens with zero attached hydrogens (tertiary/aromatic N) is 5. The van der Waals surface area contributed by atoms with Crippen LogP contribution in [-0.2, 0) is 17.9 Å². The van der Waals surface area contributed by atoms with Crippen molar-refractivity contribution < 1.29 is 4.79 Å². The van der Waals surface area contributed by atoms with Crippen molar-refractivity contribution in [3.63, 3.8) is 0 Å². The van der Waals surface area contributed by atoms with Gasteiger partial charge in [-0.2, -0.15) is 0 Å². The highest BCUT2D eigenvalue weighted by Crippen LogP contribution is 2.37. The van der Waals surface area contributed by atoms with Gasteiger partial charge in [0.15, 0.2) is 5.13 Å². The van der Waals surface area contributed by atoms with Gasteiger partial charge in [-0.15, -0.1) is 16.4 Å². The predicted molar refractivity (Wildman–Crippen MR) is 95.1 cm³/mol. The number of hydrogen-bond donors (Lipinski definition) is 2. The lowest BCUT2D eigenvalue weighted by molar-refractivity contribution is -0.127. The maximum absolute atomic E-state index is 12.6. The van der Waals surface area contributed by atoms with E-state index < -0.39 is 0 Å². The Morgan fingerprint density at radius 2 is 2.40 bits per heavy atom. The number of nitrogens with one attached hydrogen (secondary N) is 2. The molecule has 9 heteroatoms. The summed E-state index contributed by atoms with van der Waals surface area (Å²) in [5.74, 6) is 0.611. The molecule has 0 aliphatic carbocycles. The molecule has 5 heterocycles. The second-order valence-corrected chi connectivity index (χ2v) is 7.72. The standard InChI is InChI=1S/C16H23N7OS/c1-17-7-12-8-23(21-20-12)9-13-6-11-2-4-22(13)10-14(11)15(24)19-16-18-3-5-25-16/h3,5,8,11,13-14,17H,2,4,6-7,9-10H2,1H3,(H,18,19,24)/t11-,13-,14+/m1/s1. The summed E-state index contributed by atoms with van der Waals surface area (Å²) in [6, 6.07) is 0.437. The highest BCUT2D eigenvalue weighted by molar-refractivity contribution is 7.13. The first-order valence-electron chi connectivity index (χ1n) is 8.71. The number of rotatable bonds is 6. The molecule has 3 aliphatic heterocycles. The quantitative estimate of drug-likeness (QED) is 0.791. The molecule has 2 aromatic rings. The lowest BCUT2D eigenvalue weighted by Gasteiger charge is -2.49. The lowest BCUT2D eigenvalue weighted by atomic mass is 9.75. The zero-order valence-electron chi connectivity index (χ0n) is 14.3. The summed E-state index contributed by atoms with van der Waals surface area (Å²) in [5.41, 5.74) is 0.958. The van der Waals surface area contributed by atoms with Crippen LogP contribution in [0.15, 0.2) is 17.8 Å². The number of thiazole rings is 1. The molecule has 0 radical (unpaired) electrons. The number of hydrogen-bond acceptors (Lipinski definition) is 7. The average Bonchev–Trinajstić information content (AvgIpc) is 3.28. The van der Waals surface area contributed by atoms with E-state index in [1.54, 1.807) is 6.20 Å². The minimum absolute atomic E-state index is 0.0597. The van der Waals surface area contributed by atoms with Gasteiger partial charge in [-0.05, 0) is 32.4 Å². The maximum Gasteiger partial charge on any atom is 0.230 e. The van der Waals surface area contributed by atoms with Crippen molar-refractivity contribution in [3.8, 4) is 0 Å². The molecule has 3 fully saturated rings. The van der Waals surface area contributed by atoms with E-state index in [2.05, 4.69) is 30.8 Å². The van der Waals surface area contributed by atoms with Gasteiger partial charge in [0, 0.05) is 36.9 Å². The SMILES string of the molecule is CNCc1cn(C[C@H]2C[C@H]3CCN2C[C@@H]3C(=O)Nc2nccs2)nn1. The molecule has 1 amide bonds. The molecule has 3 saturated heterocycles. The van der Waals surface area contributed by atoms with Crippen molar-refractivity contribution in [3.05, 3.63) is 23.5 Å². The van der Waals surface area contributed by atoms with Gasteiger partial charge in [-0.3, -0.25) is 14.4 Å². The fourth-order valence-corrected chi connectivity index (χ4v) is 4.55. The molecule has 0 aromatic carbocycles. The van der Waals surface area contributed by atoms with Crippen LogP contribution in [0.25, 0.3) is 0 Å². The summed E-state index contributed by atoms with van der Waals surface area (Å²) in [6.07, 6.45) is 5.85. The normalized spacial score (nSPS) is 28.2. The Morgan fingerprint density at radius 1 is 1.48 bits per heavy atom. The Labute approximate surface area is 150 Å². The van der Waals surface area contributed by atoms with E-state index in [1.807, 2.05) is 23.3 Å². The van der Waals surface area contributed by atoms with E-state index in [-0.39, 0.29) is 11.8 Å². The van der Waals surface area contributed by atoms with Crippen molar-refractivity contribution in [2.75, 3.05) is 25.5 Å². The molecule has 3 aliphatic rings. The van der Waals surface area contributed by atoms with Gasteiger partial charge >= 0.3 is 0 Å². The van der Waals surface area contributed by atoms with E-state index in [0.717, 1.165) is 44.7 Å². The Balaban J connectivity index is 1.37. The third-order valence-corrected chi connectivity index (χ3v) is 5.91. The second-order valence-electron chi connectivity index (χ2n) is 6.83. The number of fused-ring (bicyclic) bond motifs is 3. The minimum atomic E-state index is 0.0597. The van der Waals surface area contributed by atoms with E-state index >= 15 is 0 Å². The monoisotopic (exact) mass is 361 g/mol. The number of carbonyl (C=O) groups excluding carboxylic acids is 1. The van der Waals surface area contributed by atoms with E-state index in [0.29, 0.717) is 17.1 Å². The molecule has 2 bridgehead atoms. The van der Waals surface area contributed by atoms with Crippen LogP contribution in [0, 0.1) is 11.8 Å². The molecular formula is C16H23N7OS. The molecule has 1 unspecified atom stereocenters. The van der Waals surface area contributed by atoms with Crippen LogP contribution < -0.4 is 10.6 Å². The van der Waals surface area contributed by atoms with Gasteiger partial charge in [0.25, 0.3) is 0 Å². The van der Waals surface area contributed by atoms with Crippen molar-refractivity contribution in [2.45, 2.75) is 32.0 Å². The number of piperidine rings is 3. The van der Waals surface area contributed by atoms with Crippen LogP contribution >= 0.6 is 11.3 Å². The third-order valence-electron chi connectivity index (χ3n) is 5.22. The van der Waals surface area contributed by atoms with Crippen LogP contribution in [0.3, 0.4) is 0 Å². The van der Waals surface area contributed by atoms with Crippen molar-refractivity contribution in [1.82, 2.24) is 30.2 Å². The highest BCUT2D eigenvalue weighted by atomic mass is 32.1. The van der Waals surface area contributed by atoms with Gasteiger partial charge < -0.3 is 10.6 Å². The smallest absolute Gasteiger partial charge is 0.230 e. The summed E-state index contributed by atoms with van der Waals surface area (Å²) in [6.45, 7) is 3.46. The molecule has 134 valence electrons. The lowest BCUT2D eigenvalue weighted by Crippen LogP contribution is -2.57. The third kappa shape index (κ3) is 3.58. The largest absolute Gasteiger partial charge is 0.314 e. The number of aromatic nitrogens is 4. The summed E-state index contributed by atoms with van der Waals surface area (Å²) >= 11 is 1.46. The molecule has 0 spiro atoms. The predicted octanol–water partition coefficient (Wildman–Crippen LogP) is 0.803. The van der Waals surface area contributed by atoms with Crippen LogP contribution in [-0.4, -0.2) is 57.0 Å². The summed E-state index contributed by atoms with van der Waals surface area (Å²) < 4.78 is 1.93. The highest BCUT2D eigenvalue weighted by Gasteiger charge is 2.43. The van der Waals surface area contributed by atoms with Crippen molar-refractivity contribution in [1.29, 1.82) is 0 Å². The molecule has 8 nitrogen and oxygen atoms in total. The Hall–Kier alpha value is -1.84. The van der Waals surface area contributed by atoms with Crippen LogP contribution in [0.4, 0.5) is 5.13 Å². The topological polar surface area (TPSA) is 88.0 Å². The van der Waals surface area contributed by atoms with E-state index in [1.165, 1.54) is 11.3 Å². The maximum atomic E-state index is 12.6. The van der Waals surface area contributed by atoms with Crippen molar-refractivity contribution >= 4 is 22.4 Å². The zero-order chi connectivity index (χ0) is 17.2. The average molecular weight is 361 g/mol. The van der Waals surface area contributed by atoms with Gasteiger partial charge in [0.05, 0.1) is 18.2 Å². The first kappa shape index (κ1) is 16.6. The number of carbonyl (C=O) groups is 1. The van der Waals surface area contributed by atoms with Gasteiger partial charge in [-0.1, -0.05) is 5.21 Å². The second kappa shape index (κ2) is 7.19. The van der Waals surface area contributed by atoms with Gasteiger partial charge in [0.1, 0.15) is 0 Å². The molecule has 2 aromatic heterocycles. The minimum Gasteiger partial charge on any atom is -0.314 e. The molecular weight excluding hydrogens is 338 g/mol. The molecule has 5 rings (SSSR count). The molecule has 25 heavy (non-hydrogen) atoms. The van der Waals surface area contributed by atoms with Crippen molar-refractivity contribution in [2.24, 2.45) is 11.8 Å². The van der Waals surface area contributed by atoms with E-state index in [9.17, 15) is 4.79 Å². The summed E-state index contributed by atoms with van der Waals surface area (Å²) in [4.78, 5) is 19.2. The molecule has 2 N–H and O–H groups in total. The first-order chi connectivity index (χ1) is 12.2. The Bertz CT molecular complexity index is 716. The molecule has 4 atom stereocenters. The van der Waals surface area contributed by atoms with Crippen LogP contribution in [0.2, 0.25) is 0 Å². The fraction of sp³-hybridized carbons (Fsp3) is 0.625. The summed E-state index contributed by atoms with van der Waals surface area (Å²) in [5, 5.41) is 17.0. The zero-order valence-corrected chi connectivity index (χ0v) is 15.1. The first-order valence-corrected chi connectivity index (χ1v) is 9.59. The fourth-order valence-electron chi connectivity index (χ4n) is 4.01. The van der Waals surface area contributed by atoms with Crippen LogP contribution in [0.1, 0.15) is 18.5 Å². The Morgan fingerprint density at radius 3 is 3.12 bits per heavy atom. The molecule has 0 saturated carbocycles. The Kier molecular flexibility index (Phi) is 4.78.